The van der Waals surface area contributed by atoms with Crippen molar-refractivity contribution in [3.8, 4) is 10.6 Å². The van der Waals surface area contributed by atoms with Gasteiger partial charge in [-0.15, -0.1) is 11.3 Å². The van der Waals surface area contributed by atoms with Crippen molar-refractivity contribution in [1.82, 2.24) is 14.2 Å². The molecule has 4 rings (SSSR count). The van der Waals surface area contributed by atoms with E-state index in [4.69, 9.17) is 11.6 Å². The second kappa shape index (κ2) is 9.08. The molecule has 162 valence electrons. The highest BCUT2D eigenvalue weighted by atomic mass is 35.5. The van der Waals surface area contributed by atoms with Gasteiger partial charge in [-0.3, -0.25) is 4.79 Å². The molecule has 2 aromatic carbocycles. The van der Waals surface area contributed by atoms with Gasteiger partial charge in [0.15, 0.2) is 0 Å². The Morgan fingerprint density at radius 3 is 2.39 bits per heavy atom. The van der Waals surface area contributed by atoms with E-state index in [-0.39, 0.29) is 28.9 Å². The van der Waals surface area contributed by atoms with E-state index < -0.39 is 10.0 Å². The van der Waals surface area contributed by atoms with Gasteiger partial charge in [0.1, 0.15) is 15.6 Å². The first kappa shape index (κ1) is 22.0. The second-order valence-electron chi connectivity index (χ2n) is 7.22. The van der Waals surface area contributed by atoms with Gasteiger partial charge in [-0.2, -0.15) is 4.31 Å². The number of aromatic nitrogens is 1. The maximum absolute atomic E-state index is 12.9. The molecule has 0 atom stereocenters. The van der Waals surface area contributed by atoms with Crippen LogP contribution >= 0.6 is 22.9 Å². The lowest BCUT2D eigenvalue weighted by molar-refractivity contribution is 0.0693. The van der Waals surface area contributed by atoms with Gasteiger partial charge in [-0.05, 0) is 24.1 Å². The minimum Gasteiger partial charge on any atom is -0.335 e. The summed E-state index contributed by atoms with van der Waals surface area (Å²) in [7, 11) is -3.69. The summed E-state index contributed by atoms with van der Waals surface area (Å²) in [5.74, 6) is -0.178. The SMILES string of the molecule is CCc1ccc(-c2nc(C(=O)N3CCN(S(=O)(=O)c4ccccc4Cl)CC3)cs2)cc1. The molecule has 2 heterocycles. The number of sulfonamides is 1. The molecule has 1 saturated heterocycles. The van der Waals surface area contributed by atoms with Crippen molar-refractivity contribution in [1.29, 1.82) is 0 Å². The number of halogens is 1. The van der Waals surface area contributed by atoms with Crippen LogP contribution in [0.1, 0.15) is 23.0 Å². The highest BCUT2D eigenvalue weighted by Crippen LogP contribution is 2.27. The van der Waals surface area contributed by atoms with Crippen molar-refractivity contribution in [2.24, 2.45) is 0 Å². The molecule has 3 aromatic rings. The fourth-order valence-corrected chi connectivity index (χ4v) is 6.19. The van der Waals surface area contributed by atoms with Gasteiger partial charge < -0.3 is 4.90 Å². The molecule has 31 heavy (non-hydrogen) atoms. The molecule has 9 heteroatoms. The van der Waals surface area contributed by atoms with Gasteiger partial charge in [0.25, 0.3) is 5.91 Å². The van der Waals surface area contributed by atoms with Crippen LogP contribution in [0, 0.1) is 0 Å². The van der Waals surface area contributed by atoms with Crippen LogP contribution in [0.5, 0.6) is 0 Å². The van der Waals surface area contributed by atoms with Crippen molar-refractivity contribution in [3.05, 3.63) is 70.2 Å². The quantitative estimate of drug-likeness (QED) is 0.555. The predicted molar refractivity (Wildman–Crippen MR) is 123 cm³/mol. The van der Waals surface area contributed by atoms with E-state index in [1.807, 2.05) is 12.1 Å². The summed E-state index contributed by atoms with van der Waals surface area (Å²) in [5, 5.41) is 2.76. The second-order valence-corrected chi connectivity index (χ2v) is 10.4. The summed E-state index contributed by atoms with van der Waals surface area (Å²) >= 11 is 7.51. The Balaban J connectivity index is 1.43. The highest BCUT2D eigenvalue weighted by molar-refractivity contribution is 7.89. The smallest absolute Gasteiger partial charge is 0.273 e. The van der Waals surface area contributed by atoms with Gasteiger partial charge in [0.2, 0.25) is 10.0 Å². The Morgan fingerprint density at radius 2 is 1.74 bits per heavy atom. The van der Waals surface area contributed by atoms with Crippen molar-refractivity contribution in [3.63, 3.8) is 0 Å². The zero-order valence-corrected chi connectivity index (χ0v) is 19.4. The molecule has 1 aliphatic rings. The number of aryl methyl sites for hydroxylation is 1. The molecule has 6 nitrogen and oxygen atoms in total. The van der Waals surface area contributed by atoms with Gasteiger partial charge in [0, 0.05) is 37.1 Å². The number of hydrogen-bond acceptors (Lipinski definition) is 5. The minimum atomic E-state index is -3.69. The Kier molecular flexibility index (Phi) is 6.43. The highest BCUT2D eigenvalue weighted by Gasteiger charge is 2.32. The molecular weight excluding hydrogens is 454 g/mol. The van der Waals surface area contributed by atoms with E-state index in [1.54, 1.807) is 28.5 Å². The molecule has 1 amide bonds. The lowest BCUT2D eigenvalue weighted by atomic mass is 10.1. The van der Waals surface area contributed by atoms with Gasteiger partial charge in [0.05, 0.1) is 5.02 Å². The molecule has 1 fully saturated rings. The van der Waals surface area contributed by atoms with E-state index in [0.717, 1.165) is 17.0 Å². The average molecular weight is 476 g/mol. The monoisotopic (exact) mass is 475 g/mol. The van der Waals surface area contributed by atoms with Crippen LogP contribution in [-0.4, -0.2) is 54.7 Å². The summed E-state index contributed by atoms with van der Waals surface area (Å²) in [5.41, 5.74) is 2.63. The average Bonchev–Trinajstić information content (AvgIpc) is 3.29. The maximum Gasteiger partial charge on any atom is 0.273 e. The lowest BCUT2D eigenvalue weighted by Crippen LogP contribution is -2.50. The Labute approximate surface area is 191 Å². The molecule has 0 aliphatic carbocycles. The number of hydrogen-bond donors (Lipinski definition) is 0. The van der Waals surface area contributed by atoms with Crippen LogP contribution in [0.15, 0.2) is 58.8 Å². The standard InChI is InChI=1S/C22H22ClN3O3S2/c1-2-16-7-9-17(10-8-16)21-24-19(15-30-21)22(27)25-11-13-26(14-12-25)31(28,29)20-6-4-3-5-18(20)23/h3-10,15H,2,11-14H2,1H3. The molecule has 0 saturated carbocycles. The number of rotatable bonds is 5. The third-order valence-corrected chi connectivity index (χ3v) is 8.60. The fourth-order valence-electron chi connectivity index (χ4n) is 3.47. The van der Waals surface area contributed by atoms with Crippen LogP contribution < -0.4 is 0 Å². The van der Waals surface area contributed by atoms with Crippen LogP contribution in [-0.2, 0) is 16.4 Å². The Morgan fingerprint density at radius 1 is 1.06 bits per heavy atom. The number of piperazine rings is 1. The first-order valence-electron chi connectivity index (χ1n) is 9.99. The molecule has 0 N–H and O–H groups in total. The molecule has 1 aromatic heterocycles. The van der Waals surface area contributed by atoms with E-state index >= 15 is 0 Å². The molecule has 0 spiro atoms. The first-order valence-corrected chi connectivity index (χ1v) is 12.7. The van der Waals surface area contributed by atoms with Crippen LogP contribution in [0.4, 0.5) is 0 Å². The topological polar surface area (TPSA) is 70.6 Å². The fraction of sp³-hybridized carbons (Fsp3) is 0.273. The van der Waals surface area contributed by atoms with Crippen LogP contribution in [0.2, 0.25) is 5.02 Å². The minimum absolute atomic E-state index is 0.0923. The van der Waals surface area contributed by atoms with E-state index in [9.17, 15) is 13.2 Å². The number of carbonyl (C=O) groups excluding carboxylic acids is 1. The van der Waals surface area contributed by atoms with Crippen molar-refractivity contribution < 1.29 is 13.2 Å². The lowest BCUT2D eigenvalue weighted by Gasteiger charge is -2.33. The summed E-state index contributed by atoms with van der Waals surface area (Å²) in [6, 6.07) is 14.6. The van der Waals surface area contributed by atoms with Crippen LogP contribution in [0.3, 0.4) is 0 Å². The van der Waals surface area contributed by atoms with Gasteiger partial charge in [-0.1, -0.05) is 54.9 Å². The molecule has 0 unspecified atom stereocenters. The van der Waals surface area contributed by atoms with Crippen molar-refractivity contribution in [2.75, 3.05) is 26.2 Å². The first-order chi connectivity index (χ1) is 14.9. The number of thiazole rings is 1. The van der Waals surface area contributed by atoms with E-state index in [2.05, 4.69) is 24.0 Å². The Bertz CT molecular complexity index is 1180. The summed E-state index contributed by atoms with van der Waals surface area (Å²) in [6.07, 6.45) is 0.972. The zero-order chi connectivity index (χ0) is 22.0. The van der Waals surface area contributed by atoms with Crippen molar-refractivity contribution >= 4 is 38.9 Å². The molecule has 0 radical (unpaired) electrons. The van der Waals surface area contributed by atoms with Crippen molar-refractivity contribution in [2.45, 2.75) is 18.2 Å². The van der Waals surface area contributed by atoms with Crippen LogP contribution in [0.25, 0.3) is 10.6 Å². The van der Waals surface area contributed by atoms with E-state index in [1.165, 1.54) is 27.3 Å². The maximum atomic E-state index is 12.9. The number of nitrogens with zero attached hydrogens (tertiary/aromatic N) is 3. The third kappa shape index (κ3) is 4.52. The molecule has 0 bridgehead atoms. The largest absolute Gasteiger partial charge is 0.335 e. The Hall–Kier alpha value is -2.26. The zero-order valence-electron chi connectivity index (χ0n) is 17.0. The third-order valence-electron chi connectivity index (χ3n) is 5.31. The van der Waals surface area contributed by atoms with E-state index in [0.29, 0.717) is 18.8 Å². The molecular formula is C22H22ClN3O3S2. The normalized spacial score (nSPS) is 15.2. The number of carbonyl (C=O) groups is 1. The summed E-state index contributed by atoms with van der Waals surface area (Å²) in [6.45, 7) is 3.15. The van der Waals surface area contributed by atoms with Gasteiger partial charge >= 0.3 is 0 Å². The number of benzene rings is 2. The summed E-state index contributed by atoms with van der Waals surface area (Å²) in [4.78, 5) is 19.2. The number of amides is 1. The van der Waals surface area contributed by atoms with Gasteiger partial charge in [-0.25, -0.2) is 13.4 Å². The predicted octanol–water partition coefficient (Wildman–Crippen LogP) is 4.17. The molecule has 1 aliphatic heterocycles. The summed E-state index contributed by atoms with van der Waals surface area (Å²) < 4.78 is 27.2.